The Morgan fingerprint density at radius 3 is 1.29 bits per heavy atom. The van der Waals surface area contributed by atoms with Crippen LogP contribution in [0.1, 0.15) is 35.0 Å². The highest BCUT2D eigenvalue weighted by Gasteiger charge is 2.36. The summed E-state index contributed by atoms with van der Waals surface area (Å²) in [7, 11) is 4.78. The molecule has 560 valence electrons. The van der Waals surface area contributed by atoms with Crippen LogP contribution in [0.2, 0.25) is 10.0 Å². The van der Waals surface area contributed by atoms with E-state index in [1.165, 1.54) is 53.6 Å². The van der Waals surface area contributed by atoms with E-state index >= 15 is 0 Å². The average molecular weight is 1590 g/mol. The number of ether oxygens (including phenoxy) is 5. The van der Waals surface area contributed by atoms with Gasteiger partial charge in [0.05, 0.1) is 101 Å². The summed E-state index contributed by atoms with van der Waals surface area (Å²) in [5, 5.41) is 9.57. The summed E-state index contributed by atoms with van der Waals surface area (Å²) in [6.07, 6.45) is 18.7. The molecule has 11 heterocycles. The summed E-state index contributed by atoms with van der Waals surface area (Å²) < 4.78 is 84.2. The van der Waals surface area contributed by atoms with E-state index in [-0.39, 0.29) is 42.1 Å². The van der Waals surface area contributed by atoms with E-state index in [9.17, 15) is 17.6 Å². The first-order valence-corrected chi connectivity index (χ1v) is 40.3. The number of hydrogen-bond acceptors (Lipinski definition) is 17. The molecule has 0 radical (unpaired) electrons. The maximum atomic E-state index is 13.5. The van der Waals surface area contributed by atoms with Crippen molar-refractivity contribution in [3.05, 3.63) is 233 Å². The number of aromatic nitrogens is 6. The Labute approximate surface area is 654 Å². The van der Waals surface area contributed by atoms with E-state index in [2.05, 4.69) is 59.7 Å². The van der Waals surface area contributed by atoms with Crippen LogP contribution >= 0.6 is 70.2 Å². The fourth-order valence-corrected chi connectivity index (χ4v) is 16.3. The van der Waals surface area contributed by atoms with Gasteiger partial charge in [-0.3, -0.25) is 4.98 Å². The lowest BCUT2D eigenvalue weighted by molar-refractivity contribution is 0.174. The Morgan fingerprint density at radius 1 is 0.422 bits per heavy atom. The van der Waals surface area contributed by atoms with Crippen LogP contribution in [0.15, 0.2) is 209 Å². The van der Waals surface area contributed by atoms with E-state index in [0.29, 0.717) is 45.0 Å². The number of nitrogens with zero attached hydrogens (tertiary/aromatic N) is 14. The minimum atomic E-state index is -0.276. The lowest BCUT2D eigenvalue weighted by atomic mass is 9.88. The SMILES string of the molecule is COc1ccc(N=C(SC)N2CC(c3cccc4cc(F)ccc34)C2)cn1.COc1ccc(N=C(SC)N2CC(c3ccnc4cc(F)ccc34)C2)cn1.COc1ccc(N=C(SC)N2CC(n3cc(Cl)c4cc(F)ccc43)C2)cn1.CSC(=Nc1ccc2c(c1)OCO2)N1CC(n2cc(Cl)c3cc(F)ccc32)C1. The molecule has 0 saturated carbocycles. The summed E-state index contributed by atoms with van der Waals surface area (Å²) in [5.74, 6) is 3.00. The molecule has 5 aliphatic rings. The molecule has 0 bridgehead atoms. The predicted molar refractivity (Wildman–Crippen MR) is 437 cm³/mol. The first kappa shape index (κ1) is 75.9. The van der Waals surface area contributed by atoms with Gasteiger partial charge in [-0.25, -0.2) is 52.5 Å². The quantitative estimate of drug-likeness (QED) is 0.0680. The fraction of sp³-hybridized carbons (Fsp3) is 0.250. The third kappa shape index (κ3) is 17.3. The van der Waals surface area contributed by atoms with E-state index in [0.717, 1.165) is 145 Å². The van der Waals surface area contributed by atoms with Crippen LogP contribution in [-0.2, 0) is 0 Å². The van der Waals surface area contributed by atoms with Crippen LogP contribution in [0.3, 0.4) is 0 Å². The Morgan fingerprint density at radius 2 is 0.835 bits per heavy atom. The highest BCUT2D eigenvalue weighted by molar-refractivity contribution is 8.14. The number of thioether (sulfide) groups is 4. The molecule has 6 aromatic carbocycles. The normalized spacial score (nSPS) is 15.5. The summed E-state index contributed by atoms with van der Waals surface area (Å²) >= 11 is 19.0. The molecule has 17 rings (SSSR count). The molecule has 4 fully saturated rings. The molecule has 6 aromatic heterocycles. The van der Waals surface area contributed by atoms with Crippen molar-refractivity contribution in [1.82, 2.24) is 48.7 Å². The van der Waals surface area contributed by atoms with E-state index in [1.807, 2.05) is 110 Å². The minimum absolute atomic E-state index is 0.195. The molecule has 0 atom stereocenters. The molecule has 4 saturated heterocycles. The second-order valence-electron chi connectivity index (χ2n) is 25.8. The van der Waals surface area contributed by atoms with Gasteiger partial charge in [0.15, 0.2) is 32.2 Å². The number of methoxy groups -OCH3 is 3. The molecule has 0 aliphatic carbocycles. The summed E-state index contributed by atoms with van der Waals surface area (Å²) in [6, 6.07) is 44.8. The minimum Gasteiger partial charge on any atom is -0.481 e. The van der Waals surface area contributed by atoms with Crippen molar-refractivity contribution in [3.8, 4) is 29.1 Å². The third-order valence-electron chi connectivity index (χ3n) is 19.1. The van der Waals surface area contributed by atoms with Crippen LogP contribution in [0.5, 0.6) is 29.1 Å². The average Bonchev–Trinajstić information content (AvgIpc) is 1.70. The van der Waals surface area contributed by atoms with Crippen LogP contribution in [0.25, 0.3) is 43.5 Å². The number of likely N-dealkylation sites (tertiary alicyclic amines) is 4. The number of fused-ring (bicyclic) bond motifs is 5. The zero-order valence-electron chi connectivity index (χ0n) is 60.3. The maximum absolute atomic E-state index is 13.5. The molecule has 0 unspecified atom stereocenters. The highest BCUT2D eigenvalue weighted by Crippen LogP contribution is 2.41. The van der Waals surface area contributed by atoms with Crippen molar-refractivity contribution in [2.24, 2.45) is 20.0 Å². The molecular formula is C80H74Cl2F4N14O5S4. The zero-order valence-corrected chi connectivity index (χ0v) is 65.1. The molecule has 0 N–H and O–H groups in total. The molecule has 109 heavy (non-hydrogen) atoms. The number of hydrogen-bond donors (Lipinski definition) is 0. The van der Waals surface area contributed by atoms with E-state index in [1.54, 1.807) is 123 Å². The van der Waals surface area contributed by atoms with Crippen molar-refractivity contribution >= 4 is 157 Å². The molecule has 0 amide bonds. The maximum Gasteiger partial charge on any atom is 0.231 e. The van der Waals surface area contributed by atoms with E-state index in [4.69, 9.17) is 61.9 Å². The van der Waals surface area contributed by atoms with Crippen molar-refractivity contribution in [1.29, 1.82) is 0 Å². The standard InChI is InChI=1S/C21H20FN3OS.C20H17ClFN3O2S.C20H19FN4OS.C19H18ClFN4OS/c1-26-20-9-7-17(11-23-20)24-21(27-2)25-12-15(13-25)18-5-3-4-14-10-16(22)6-8-19(14)18;1-28-20(23-13-3-5-18-19(7-13)27-11-26-18)24-8-14(9-24)25-10-16(21)15-6-12(22)2-4-17(15)25;1-26-19-6-4-15(10-23-19)24-20(27-2)25-11-13(12-25)16-7-8-22-18-9-14(21)3-5-17(16)18;1-26-18-6-4-13(8-22-18)23-19(27-2)24-9-14(10-24)25-11-16(20)15-7-12(21)3-5-17(15)25/h3-11,15H,12-13H2,1-2H3;2-7,10,14H,8-9,11H2,1H3;3-10,13H,11-12H2,1-2H3;3-8,11,14H,9-10H2,1-2H3. The Hall–Kier alpha value is -9.90. The van der Waals surface area contributed by atoms with Crippen LogP contribution in [0, 0.1) is 23.3 Å². The second-order valence-corrected chi connectivity index (χ2v) is 29.7. The number of benzene rings is 6. The number of rotatable bonds is 11. The topological polar surface area (TPSA) is 170 Å². The van der Waals surface area contributed by atoms with Crippen LogP contribution in [0.4, 0.5) is 40.3 Å². The van der Waals surface area contributed by atoms with Gasteiger partial charge in [-0.2, -0.15) is 0 Å². The highest BCUT2D eigenvalue weighted by atomic mass is 35.5. The van der Waals surface area contributed by atoms with Crippen LogP contribution in [-0.4, -0.2) is 175 Å². The predicted octanol–water partition coefficient (Wildman–Crippen LogP) is 18.9. The van der Waals surface area contributed by atoms with Gasteiger partial charge >= 0.3 is 0 Å². The van der Waals surface area contributed by atoms with Gasteiger partial charge in [0.25, 0.3) is 0 Å². The molecular weight excluding hydrogens is 1510 g/mol. The first-order chi connectivity index (χ1) is 53.0. The Kier molecular flexibility index (Phi) is 23.9. The van der Waals surface area contributed by atoms with Crippen LogP contribution < -0.4 is 23.7 Å². The lowest BCUT2D eigenvalue weighted by Gasteiger charge is -2.41. The van der Waals surface area contributed by atoms with Crippen molar-refractivity contribution in [2.75, 3.05) is 106 Å². The molecule has 19 nitrogen and oxygen atoms in total. The number of pyridine rings is 4. The van der Waals surface area contributed by atoms with Gasteiger partial charge in [-0.05, 0) is 144 Å². The number of amidine groups is 4. The summed E-state index contributed by atoms with van der Waals surface area (Å²) in [5.41, 5.74) is 8.32. The first-order valence-electron chi connectivity index (χ1n) is 34.6. The molecule has 29 heteroatoms. The lowest BCUT2D eigenvalue weighted by Crippen LogP contribution is -2.49. The summed E-state index contributed by atoms with van der Waals surface area (Å²) in [6.45, 7) is 7.09. The second kappa shape index (κ2) is 34.3. The van der Waals surface area contributed by atoms with Crippen molar-refractivity contribution in [2.45, 2.75) is 23.9 Å². The summed E-state index contributed by atoms with van der Waals surface area (Å²) in [4.78, 5) is 44.7. The monoisotopic (exact) mass is 1580 g/mol. The van der Waals surface area contributed by atoms with Gasteiger partial charge in [-0.15, -0.1) is 0 Å². The van der Waals surface area contributed by atoms with Gasteiger partial charge in [-0.1, -0.05) is 94.5 Å². The zero-order chi connectivity index (χ0) is 75.8. The van der Waals surface area contributed by atoms with Crippen molar-refractivity contribution < 1.29 is 41.2 Å². The number of aliphatic imine (C=N–C) groups is 4. The van der Waals surface area contributed by atoms with Gasteiger partial charge in [0.2, 0.25) is 24.4 Å². The number of halogens is 6. The fourth-order valence-electron chi connectivity index (χ4n) is 13.4. The third-order valence-corrected chi connectivity index (χ3v) is 22.6. The smallest absolute Gasteiger partial charge is 0.231 e. The van der Waals surface area contributed by atoms with Gasteiger partial charge in [0, 0.05) is 129 Å². The molecule has 12 aromatic rings. The van der Waals surface area contributed by atoms with Gasteiger partial charge < -0.3 is 52.4 Å². The molecule has 0 spiro atoms. The van der Waals surface area contributed by atoms with E-state index < -0.39 is 0 Å². The van der Waals surface area contributed by atoms with Crippen molar-refractivity contribution in [3.63, 3.8) is 0 Å². The Bertz CT molecular complexity index is 5230. The van der Waals surface area contributed by atoms with Gasteiger partial charge in [0.1, 0.15) is 23.3 Å². The largest absolute Gasteiger partial charge is 0.481 e. The molecule has 5 aliphatic heterocycles. The Balaban J connectivity index is 0.000000121.